The minimum Gasteiger partial charge on any atom is -0.309 e. The Kier molecular flexibility index (Phi) is 7.58. The molecule has 13 heteroatoms. The molecule has 0 spiro atoms. The topological polar surface area (TPSA) is 128 Å². The van der Waals surface area contributed by atoms with Crippen molar-refractivity contribution in [2.45, 2.75) is 0 Å². The summed E-state index contributed by atoms with van der Waals surface area (Å²) in [5, 5.41) is 10.2. The third-order valence-corrected chi connectivity index (χ3v) is 14.4. The summed E-state index contributed by atoms with van der Waals surface area (Å²) in [6, 6.07) is 36.9. The van der Waals surface area contributed by atoms with Crippen LogP contribution in [-0.4, -0.2) is 62.7 Å². The van der Waals surface area contributed by atoms with Gasteiger partial charge in [0.25, 0.3) is 0 Å². The molecule has 0 bridgehead atoms. The monoisotopic (exact) mass is 911 g/mol. The first-order valence-electron chi connectivity index (χ1n) is 23.2. The van der Waals surface area contributed by atoms with Crippen molar-refractivity contribution in [3.63, 3.8) is 0 Å². The van der Waals surface area contributed by atoms with E-state index in [2.05, 4.69) is 166 Å². The minimum absolute atomic E-state index is 0.977. The zero-order valence-electron chi connectivity index (χ0n) is 37.4. The Morgan fingerprint density at radius 2 is 0.493 bits per heavy atom. The van der Waals surface area contributed by atoms with Gasteiger partial charge in [-0.3, -0.25) is 39.9 Å². The number of para-hydroxylation sites is 1. The number of rotatable bonds is 5. The van der Waals surface area contributed by atoms with Crippen LogP contribution in [0.15, 0.2) is 202 Å². The van der Waals surface area contributed by atoms with E-state index in [1.54, 1.807) is 0 Å². The van der Waals surface area contributed by atoms with Gasteiger partial charge in [0.15, 0.2) is 0 Å². The zero-order valence-corrected chi connectivity index (χ0v) is 37.4. The Balaban J connectivity index is 1.18. The molecule has 13 nitrogen and oxygen atoms in total. The van der Waals surface area contributed by atoms with Crippen molar-refractivity contribution in [1.29, 1.82) is 0 Å². The standard InChI is InChI=1S/C58H33N13/c1-2-4-34(5-3-1)69-57-37(22-35(67-47-6-14-59-26-39(47)40-27-60-15-7-48(40)67)24-55(57)70-51-10-18-63-30-43(51)44-31-64-19-11-52(44)70)38-23-36(68-49-8-16-61-28-41(49)42-29-62-17-9-50(42)68)25-56(58(38)69)71-53-12-20-65-32-45(53)46-33-66-21-13-54(46)71/h1-33H. The summed E-state index contributed by atoms with van der Waals surface area (Å²) in [5.74, 6) is 0. The van der Waals surface area contributed by atoms with Crippen LogP contribution in [0.3, 0.4) is 0 Å². The normalized spacial score (nSPS) is 12.2. The van der Waals surface area contributed by atoms with E-state index in [1.807, 2.05) is 99.1 Å². The lowest BCUT2D eigenvalue weighted by atomic mass is 10.1. The Hall–Kier alpha value is -10.1. The highest BCUT2D eigenvalue weighted by molar-refractivity contribution is 6.20. The van der Waals surface area contributed by atoms with E-state index in [1.165, 1.54) is 0 Å². The summed E-state index contributed by atoms with van der Waals surface area (Å²) in [7, 11) is 0. The highest BCUT2D eigenvalue weighted by Gasteiger charge is 2.28. The maximum Gasteiger partial charge on any atom is 0.0784 e. The SMILES string of the molecule is c1ccc(-n2c3c(-n4c5ccncc5c5cnccc54)cc(-n4c5ccncc5c5cnccc54)cc3c3cc(-n4c5ccncc5c5cnccc54)cc(-n4c5ccncc5c5cnccc54)c32)cc1. The maximum absolute atomic E-state index is 4.64. The molecule has 16 rings (SSSR count). The summed E-state index contributed by atoms with van der Waals surface area (Å²) in [6.45, 7) is 0. The van der Waals surface area contributed by atoms with Gasteiger partial charge < -0.3 is 22.8 Å². The van der Waals surface area contributed by atoms with Crippen LogP contribution in [0, 0.1) is 0 Å². The Morgan fingerprint density at radius 3 is 0.775 bits per heavy atom. The van der Waals surface area contributed by atoms with Crippen molar-refractivity contribution in [2.24, 2.45) is 0 Å². The van der Waals surface area contributed by atoms with E-state index in [0.717, 1.165) is 137 Å². The van der Waals surface area contributed by atoms with Crippen LogP contribution in [0.1, 0.15) is 0 Å². The predicted octanol–water partition coefficient (Wildman–Crippen LogP) is 12.3. The summed E-state index contributed by atoms with van der Waals surface area (Å²) in [6.07, 6.45) is 30.5. The molecule has 13 aromatic heterocycles. The zero-order chi connectivity index (χ0) is 46.3. The number of fused-ring (bicyclic) bond motifs is 15. The van der Waals surface area contributed by atoms with Gasteiger partial charge in [-0.15, -0.1) is 0 Å². The molecule has 0 aliphatic rings. The molecule has 0 fully saturated rings. The number of pyridine rings is 8. The fourth-order valence-corrected chi connectivity index (χ4v) is 11.5. The lowest BCUT2D eigenvalue weighted by Gasteiger charge is -2.18. The van der Waals surface area contributed by atoms with Crippen molar-refractivity contribution < 1.29 is 0 Å². The second kappa shape index (κ2) is 14.2. The van der Waals surface area contributed by atoms with Gasteiger partial charge >= 0.3 is 0 Å². The van der Waals surface area contributed by atoms with Crippen molar-refractivity contribution in [3.8, 4) is 28.4 Å². The molecule has 0 radical (unpaired) electrons. The van der Waals surface area contributed by atoms with Crippen LogP contribution in [0.4, 0.5) is 0 Å². The number of aromatic nitrogens is 13. The van der Waals surface area contributed by atoms with Crippen LogP contribution in [0.25, 0.3) is 137 Å². The average Bonchev–Trinajstić information content (AvgIpc) is 4.23. The Bertz CT molecular complexity index is 4400. The molecule has 0 saturated heterocycles. The number of hydrogen-bond acceptors (Lipinski definition) is 8. The van der Waals surface area contributed by atoms with Crippen molar-refractivity contribution in [1.82, 2.24) is 62.7 Å². The van der Waals surface area contributed by atoms with Gasteiger partial charge in [-0.25, -0.2) is 0 Å². The molecule has 0 saturated carbocycles. The molecule has 13 heterocycles. The van der Waals surface area contributed by atoms with Crippen LogP contribution in [0.5, 0.6) is 0 Å². The maximum atomic E-state index is 4.64. The van der Waals surface area contributed by atoms with Gasteiger partial charge in [0.05, 0.1) is 66.5 Å². The lowest BCUT2D eigenvalue weighted by Crippen LogP contribution is -2.05. The Labute approximate surface area is 400 Å². The largest absolute Gasteiger partial charge is 0.309 e. The fourth-order valence-electron chi connectivity index (χ4n) is 11.5. The van der Waals surface area contributed by atoms with E-state index in [-0.39, 0.29) is 0 Å². The summed E-state index contributed by atoms with van der Waals surface area (Å²) in [4.78, 5) is 37.0. The molecule has 16 aromatic rings. The van der Waals surface area contributed by atoms with Gasteiger partial charge in [-0.2, -0.15) is 0 Å². The van der Waals surface area contributed by atoms with E-state index in [9.17, 15) is 0 Å². The number of nitrogens with zero attached hydrogens (tertiary/aromatic N) is 13. The highest BCUT2D eigenvalue weighted by Crippen LogP contribution is 2.46. The van der Waals surface area contributed by atoms with Crippen LogP contribution in [-0.2, 0) is 0 Å². The van der Waals surface area contributed by atoms with Crippen LogP contribution >= 0.6 is 0 Å². The molecule has 0 atom stereocenters. The van der Waals surface area contributed by atoms with Crippen LogP contribution in [0.2, 0.25) is 0 Å². The highest BCUT2D eigenvalue weighted by atomic mass is 15.1. The smallest absolute Gasteiger partial charge is 0.0784 e. The van der Waals surface area contributed by atoms with E-state index < -0.39 is 0 Å². The Morgan fingerprint density at radius 1 is 0.225 bits per heavy atom. The second-order valence-corrected chi connectivity index (χ2v) is 17.9. The summed E-state index contributed by atoms with van der Waals surface area (Å²) in [5.41, 5.74) is 15.1. The van der Waals surface area contributed by atoms with Crippen LogP contribution < -0.4 is 0 Å². The summed E-state index contributed by atoms with van der Waals surface area (Å²) >= 11 is 0. The minimum atomic E-state index is 0.977. The van der Waals surface area contributed by atoms with Crippen molar-refractivity contribution in [2.75, 3.05) is 0 Å². The molecule has 3 aromatic carbocycles. The third-order valence-electron chi connectivity index (χ3n) is 14.4. The molecule has 330 valence electrons. The van der Waals surface area contributed by atoms with E-state index in [0.29, 0.717) is 0 Å². The van der Waals surface area contributed by atoms with Crippen molar-refractivity contribution >= 4 is 109 Å². The molecular formula is C58H33N13. The first-order chi connectivity index (χ1) is 35.3. The molecule has 0 aliphatic carbocycles. The third kappa shape index (κ3) is 5.12. The molecule has 0 aliphatic heterocycles. The number of benzene rings is 3. The van der Waals surface area contributed by atoms with E-state index >= 15 is 0 Å². The molecule has 0 N–H and O–H groups in total. The first kappa shape index (κ1) is 37.9. The van der Waals surface area contributed by atoms with E-state index in [4.69, 9.17) is 0 Å². The van der Waals surface area contributed by atoms with Crippen molar-refractivity contribution in [3.05, 3.63) is 202 Å². The average molecular weight is 912 g/mol. The molecule has 0 unspecified atom stereocenters. The van der Waals surface area contributed by atoms with Gasteiger partial charge in [-0.1, -0.05) is 18.2 Å². The quantitative estimate of drug-likeness (QED) is 0.167. The fraction of sp³-hybridized carbons (Fsp3) is 0. The van der Waals surface area contributed by atoms with Gasteiger partial charge in [0.1, 0.15) is 0 Å². The predicted molar refractivity (Wildman–Crippen MR) is 280 cm³/mol. The number of hydrogen-bond donors (Lipinski definition) is 0. The first-order valence-corrected chi connectivity index (χ1v) is 23.2. The molecule has 0 amide bonds. The second-order valence-electron chi connectivity index (χ2n) is 17.9. The summed E-state index contributed by atoms with van der Waals surface area (Å²) < 4.78 is 11.9. The molecule has 71 heavy (non-hydrogen) atoms. The van der Waals surface area contributed by atoms with Gasteiger partial charge in [0, 0.05) is 170 Å². The van der Waals surface area contributed by atoms with Gasteiger partial charge in [-0.05, 0) is 84.9 Å². The molecular weight excluding hydrogens is 879 g/mol. The lowest BCUT2D eigenvalue weighted by molar-refractivity contribution is 1.09. The van der Waals surface area contributed by atoms with Gasteiger partial charge in [0.2, 0.25) is 0 Å².